The number of rotatable bonds is 0. The van der Waals surface area contributed by atoms with E-state index in [1.807, 2.05) is 0 Å². The standard InChI is InChI=1S/C10H12Cl4/c11-9(12)5-3-1-2-4-6-8(7(5)9)10(6,13)14/h5-8H,1-4H2/t5-,6-,7+,8+/m1/s1. The summed E-state index contributed by atoms with van der Waals surface area (Å²) < 4.78 is -1.06. The highest BCUT2D eigenvalue weighted by Crippen LogP contribution is 2.77. The second-order valence-corrected chi connectivity index (χ2v) is 7.79. The molecule has 0 amide bonds. The minimum atomic E-state index is -0.529. The van der Waals surface area contributed by atoms with E-state index in [1.54, 1.807) is 0 Å². The van der Waals surface area contributed by atoms with E-state index in [-0.39, 0.29) is 0 Å². The first-order valence-corrected chi connectivity index (χ1v) is 6.74. The molecule has 0 saturated heterocycles. The molecule has 0 spiro atoms. The lowest BCUT2D eigenvalue weighted by atomic mass is 10.0. The first-order chi connectivity index (χ1) is 6.47. The van der Waals surface area contributed by atoms with Crippen LogP contribution in [0, 0.1) is 23.7 Å². The van der Waals surface area contributed by atoms with E-state index < -0.39 is 8.67 Å². The Bertz CT molecular complexity index is 245. The summed E-state index contributed by atoms with van der Waals surface area (Å²) in [4.78, 5) is 0. The first kappa shape index (κ1) is 10.3. The van der Waals surface area contributed by atoms with Crippen LogP contribution in [0.3, 0.4) is 0 Å². The van der Waals surface area contributed by atoms with E-state index in [9.17, 15) is 0 Å². The van der Waals surface area contributed by atoms with Crippen LogP contribution in [-0.4, -0.2) is 8.67 Å². The second kappa shape index (κ2) is 2.88. The van der Waals surface area contributed by atoms with Crippen LogP contribution in [0.15, 0.2) is 0 Å². The SMILES string of the molecule is ClC1(Cl)[C@@H]2[C@@H]3[C@@H](CCCC[C@H]21)C3(Cl)Cl. The van der Waals surface area contributed by atoms with Crippen LogP contribution in [0.5, 0.6) is 0 Å². The molecular weight excluding hydrogens is 262 g/mol. The first-order valence-electron chi connectivity index (χ1n) is 5.23. The highest BCUT2D eigenvalue weighted by Gasteiger charge is 2.78. The monoisotopic (exact) mass is 272 g/mol. The van der Waals surface area contributed by atoms with Crippen LogP contribution in [-0.2, 0) is 0 Å². The molecule has 0 heterocycles. The third-order valence-electron chi connectivity index (χ3n) is 4.19. The third-order valence-corrected chi connectivity index (χ3v) is 6.32. The van der Waals surface area contributed by atoms with Gasteiger partial charge in [-0.2, -0.15) is 0 Å². The van der Waals surface area contributed by atoms with E-state index in [2.05, 4.69) is 0 Å². The van der Waals surface area contributed by atoms with Gasteiger partial charge in [-0.05, 0) is 24.7 Å². The molecule has 0 aromatic carbocycles. The van der Waals surface area contributed by atoms with Gasteiger partial charge in [0.25, 0.3) is 0 Å². The average Bonchev–Trinajstić information content (AvgIpc) is 2.67. The van der Waals surface area contributed by atoms with E-state index >= 15 is 0 Å². The van der Waals surface area contributed by atoms with Crippen molar-refractivity contribution in [3.8, 4) is 0 Å². The van der Waals surface area contributed by atoms with Crippen molar-refractivity contribution in [3.05, 3.63) is 0 Å². The van der Waals surface area contributed by atoms with Crippen molar-refractivity contribution < 1.29 is 0 Å². The van der Waals surface area contributed by atoms with E-state index in [0.29, 0.717) is 23.7 Å². The lowest BCUT2D eigenvalue weighted by molar-refractivity contribution is 0.467. The molecule has 0 aromatic rings. The van der Waals surface area contributed by atoms with Crippen LogP contribution in [0.4, 0.5) is 0 Å². The molecule has 3 aliphatic carbocycles. The minimum absolute atomic E-state index is 0.353. The van der Waals surface area contributed by atoms with Crippen molar-refractivity contribution in [2.75, 3.05) is 0 Å². The fraction of sp³-hybridized carbons (Fsp3) is 1.00. The molecule has 0 aliphatic heterocycles. The fourth-order valence-electron chi connectivity index (χ4n) is 3.28. The van der Waals surface area contributed by atoms with Gasteiger partial charge in [-0.1, -0.05) is 12.8 Å². The van der Waals surface area contributed by atoms with Crippen molar-refractivity contribution in [1.29, 1.82) is 0 Å². The van der Waals surface area contributed by atoms with E-state index in [1.165, 1.54) is 12.8 Å². The highest BCUT2D eigenvalue weighted by molar-refractivity contribution is 6.53. The van der Waals surface area contributed by atoms with Crippen LogP contribution < -0.4 is 0 Å². The van der Waals surface area contributed by atoms with Gasteiger partial charge >= 0.3 is 0 Å². The Hall–Kier alpha value is 1.16. The summed E-state index contributed by atoms with van der Waals surface area (Å²) in [5.41, 5.74) is 0. The van der Waals surface area contributed by atoms with Gasteiger partial charge in [0.15, 0.2) is 0 Å². The zero-order valence-corrected chi connectivity index (χ0v) is 10.7. The molecule has 0 N–H and O–H groups in total. The molecule has 0 aromatic heterocycles. The zero-order valence-electron chi connectivity index (χ0n) is 7.65. The Kier molecular flexibility index (Phi) is 2.13. The molecule has 4 atom stereocenters. The van der Waals surface area contributed by atoms with Crippen molar-refractivity contribution in [3.63, 3.8) is 0 Å². The normalized spacial score (nSPS) is 52.3. The number of alkyl halides is 4. The van der Waals surface area contributed by atoms with Crippen molar-refractivity contribution in [2.45, 2.75) is 34.3 Å². The molecule has 3 fully saturated rings. The number of fused-ring (bicyclic) bond motifs is 3. The largest absolute Gasteiger partial charge is 0.125 e. The number of hydrogen-bond donors (Lipinski definition) is 0. The molecule has 80 valence electrons. The fourth-order valence-corrected chi connectivity index (χ4v) is 5.16. The molecule has 3 aliphatic rings. The zero-order chi connectivity index (χ0) is 10.1. The second-order valence-electron chi connectivity index (χ2n) is 4.90. The molecule has 0 bridgehead atoms. The van der Waals surface area contributed by atoms with Crippen LogP contribution >= 0.6 is 46.4 Å². The van der Waals surface area contributed by atoms with Crippen molar-refractivity contribution in [1.82, 2.24) is 0 Å². The summed E-state index contributed by atoms with van der Waals surface area (Å²) in [6.45, 7) is 0. The number of hydrogen-bond acceptors (Lipinski definition) is 0. The Morgan fingerprint density at radius 3 is 1.43 bits per heavy atom. The van der Waals surface area contributed by atoms with Crippen LogP contribution in [0.1, 0.15) is 25.7 Å². The Morgan fingerprint density at radius 2 is 1.07 bits per heavy atom. The Balaban J connectivity index is 1.85. The number of halogens is 4. The maximum Gasteiger partial charge on any atom is 0.125 e. The molecular formula is C10H12Cl4. The topological polar surface area (TPSA) is 0 Å². The molecule has 0 radical (unpaired) electrons. The quantitative estimate of drug-likeness (QED) is 0.574. The Labute approximate surface area is 104 Å². The van der Waals surface area contributed by atoms with Crippen molar-refractivity contribution in [2.24, 2.45) is 23.7 Å². The van der Waals surface area contributed by atoms with Crippen LogP contribution in [0.2, 0.25) is 0 Å². The molecule has 3 rings (SSSR count). The maximum atomic E-state index is 6.26. The molecule has 0 nitrogen and oxygen atoms in total. The summed E-state index contributed by atoms with van der Waals surface area (Å²) >= 11 is 25.0. The lowest BCUT2D eigenvalue weighted by Crippen LogP contribution is -1.98. The summed E-state index contributed by atoms with van der Waals surface area (Å²) in [7, 11) is 0. The third kappa shape index (κ3) is 1.21. The van der Waals surface area contributed by atoms with Gasteiger partial charge in [-0.3, -0.25) is 0 Å². The minimum Gasteiger partial charge on any atom is -0.101 e. The molecule has 14 heavy (non-hydrogen) atoms. The van der Waals surface area contributed by atoms with Gasteiger partial charge in [0, 0.05) is 11.8 Å². The summed E-state index contributed by atoms with van der Waals surface area (Å²) in [6.07, 6.45) is 4.72. The highest BCUT2D eigenvalue weighted by atomic mass is 35.5. The Morgan fingerprint density at radius 1 is 0.714 bits per heavy atom. The van der Waals surface area contributed by atoms with Gasteiger partial charge in [0.05, 0.1) is 0 Å². The van der Waals surface area contributed by atoms with Gasteiger partial charge in [0.1, 0.15) is 8.67 Å². The lowest BCUT2D eigenvalue weighted by Gasteiger charge is -2.03. The van der Waals surface area contributed by atoms with Gasteiger partial charge in [-0.15, -0.1) is 46.4 Å². The van der Waals surface area contributed by atoms with Gasteiger partial charge in [0.2, 0.25) is 0 Å². The summed E-state index contributed by atoms with van der Waals surface area (Å²) in [5.74, 6) is 1.59. The van der Waals surface area contributed by atoms with E-state index in [4.69, 9.17) is 46.4 Å². The average molecular weight is 274 g/mol. The van der Waals surface area contributed by atoms with Crippen molar-refractivity contribution >= 4 is 46.4 Å². The molecule has 0 unspecified atom stereocenters. The maximum absolute atomic E-state index is 6.26. The molecule has 4 heteroatoms. The predicted molar refractivity (Wildman–Crippen MR) is 61.3 cm³/mol. The smallest absolute Gasteiger partial charge is 0.101 e. The van der Waals surface area contributed by atoms with Gasteiger partial charge < -0.3 is 0 Å². The van der Waals surface area contributed by atoms with E-state index in [0.717, 1.165) is 12.8 Å². The summed E-state index contributed by atoms with van der Waals surface area (Å²) in [6, 6.07) is 0. The predicted octanol–water partition coefficient (Wildman–Crippen LogP) is 4.40. The van der Waals surface area contributed by atoms with Crippen LogP contribution in [0.25, 0.3) is 0 Å². The summed E-state index contributed by atoms with van der Waals surface area (Å²) in [5, 5.41) is 0. The molecule has 3 saturated carbocycles. The van der Waals surface area contributed by atoms with Gasteiger partial charge in [-0.25, -0.2) is 0 Å².